The lowest BCUT2D eigenvalue weighted by Crippen LogP contribution is -2.51. The van der Waals surface area contributed by atoms with E-state index < -0.39 is 0 Å². The fraction of sp³-hybridized carbons (Fsp3) is 0.636. The summed E-state index contributed by atoms with van der Waals surface area (Å²) in [4.78, 5) is 28.4. The van der Waals surface area contributed by atoms with Crippen LogP contribution in [-0.2, 0) is 21.4 Å². The van der Waals surface area contributed by atoms with E-state index >= 15 is 0 Å². The van der Waals surface area contributed by atoms with Crippen LogP contribution < -0.4 is 5.32 Å². The van der Waals surface area contributed by atoms with Crippen LogP contribution >= 0.6 is 0 Å². The van der Waals surface area contributed by atoms with Gasteiger partial charge in [-0.3, -0.25) is 14.5 Å². The van der Waals surface area contributed by atoms with E-state index in [1.807, 2.05) is 11.8 Å². The summed E-state index contributed by atoms with van der Waals surface area (Å²) < 4.78 is 0. The van der Waals surface area contributed by atoms with E-state index in [2.05, 4.69) is 55.3 Å². The molecule has 1 N–H and O–H groups in total. The molecule has 27 heavy (non-hydrogen) atoms. The lowest BCUT2D eigenvalue weighted by Gasteiger charge is -2.34. The number of carbonyl (C=O) groups is 2. The van der Waals surface area contributed by atoms with Crippen molar-refractivity contribution >= 4 is 11.8 Å². The SMILES string of the molecule is CCCNC(=O)CN1CCN(C(=O)CCc2ccc(C(C)(C)C)cc2)CC1. The van der Waals surface area contributed by atoms with Crippen LogP contribution in [-0.4, -0.2) is 60.9 Å². The Kier molecular flexibility index (Phi) is 7.84. The highest BCUT2D eigenvalue weighted by Gasteiger charge is 2.22. The average Bonchev–Trinajstić information content (AvgIpc) is 2.64. The van der Waals surface area contributed by atoms with Gasteiger partial charge in [0, 0.05) is 39.1 Å². The summed E-state index contributed by atoms with van der Waals surface area (Å²) in [6.07, 6.45) is 2.28. The van der Waals surface area contributed by atoms with Crippen LogP contribution in [0.1, 0.15) is 51.7 Å². The number of hydrogen-bond acceptors (Lipinski definition) is 3. The number of rotatable bonds is 7. The molecule has 150 valence electrons. The molecular weight excluding hydrogens is 338 g/mol. The van der Waals surface area contributed by atoms with E-state index in [1.165, 1.54) is 11.1 Å². The standard InChI is InChI=1S/C22H35N3O2/c1-5-12-23-20(26)17-24-13-15-25(16-14-24)21(27)11-8-18-6-9-19(10-7-18)22(2,3)4/h6-7,9-10H,5,8,11-17H2,1-4H3,(H,23,26). The molecule has 1 heterocycles. The zero-order valence-electron chi connectivity index (χ0n) is 17.4. The Morgan fingerprint density at radius 2 is 1.67 bits per heavy atom. The summed E-state index contributed by atoms with van der Waals surface area (Å²) in [6.45, 7) is 12.8. The zero-order chi connectivity index (χ0) is 19.9. The molecule has 0 spiro atoms. The van der Waals surface area contributed by atoms with Crippen LogP contribution in [0.5, 0.6) is 0 Å². The summed E-state index contributed by atoms with van der Waals surface area (Å²) in [7, 11) is 0. The number of piperazine rings is 1. The first-order valence-electron chi connectivity index (χ1n) is 10.2. The van der Waals surface area contributed by atoms with Crippen LogP contribution in [0.3, 0.4) is 0 Å². The fourth-order valence-corrected chi connectivity index (χ4v) is 3.26. The molecule has 0 radical (unpaired) electrons. The Morgan fingerprint density at radius 1 is 1.04 bits per heavy atom. The minimum Gasteiger partial charge on any atom is -0.355 e. The molecule has 1 aromatic rings. The Hall–Kier alpha value is -1.88. The van der Waals surface area contributed by atoms with Crippen LogP contribution in [0.2, 0.25) is 0 Å². The van der Waals surface area contributed by atoms with Gasteiger partial charge in [-0.05, 0) is 29.4 Å². The van der Waals surface area contributed by atoms with Crippen molar-refractivity contribution in [2.24, 2.45) is 0 Å². The van der Waals surface area contributed by atoms with Crippen LogP contribution in [0.4, 0.5) is 0 Å². The highest BCUT2D eigenvalue weighted by Crippen LogP contribution is 2.22. The second kappa shape index (κ2) is 9.88. The van der Waals surface area contributed by atoms with E-state index in [4.69, 9.17) is 0 Å². The van der Waals surface area contributed by atoms with Crippen molar-refractivity contribution in [3.63, 3.8) is 0 Å². The van der Waals surface area contributed by atoms with Crippen LogP contribution in [0.25, 0.3) is 0 Å². The van der Waals surface area contributed by atoms with Gasteiger partial charge in [-0.1, -0.05) is 52.0 Å². The Labute approximate surface area is 164 Å². The van der Waals surface area contributed by atoms with Crippen molar-refractivity contribution in [3.8, 4) is 0 Å². The second-order valence-electron chi connectivity index (χ2n) is 8.45. The smallest absolute Gasteiger partial charge is 0.234 e. The Bertz CT molecular complexity index is 611. The monoisotopic (exact) mass is 373 g/mol. The molecule has 1 saturated heterocycles. The van der Waals surface area contributed by atoms with Gasteiger partial charge >= 0.3 is 0 Å². The highest BCUT2D eigenvalue weighted by molar-refractivity contribution is 5.78. The number of hydrogen-bond donors (Lipinski definition) is 1. The van der Waals surface area contributed by atoms with Gasteiger partial charge in [0.15, 0.2) is 0 Å². The van der Waals surface area contributed by atoms with Crippen molar-refractivity contribution in [3.05, 3.63) is 35.4 Å². The van der Waals surface area contributed by atoms with Crippen molar-refractivity contribution in [1.82, 2.24) is 15.1 Å². The molecular formula is C22H35N3O2. The molecule has 1 aromatic carbocycles. The molecule has 0 unspecified atom stereocenters. The molecule has 0 atom stereocenters. The van der Waals surface area contributed by atoms with Gasteiger partial charge in [0.2, 0.25) is 11.8 Å². The number of carbonyl (C=O) groups excluding carboxylic acids is 2. The van der Waals surface area contributed by atoms with Crippen LogP contribution in [0.15, 0.2) is 24.3 Å². The molecule has 5 nitrogen and oxygen atoms in total. The topological polar surface area (TPSA) is 52.7 Å². The molecule has 2 rings (SSSR count). The third-order valence-corrected chi connectivity index (χ3v) is 5.11. The minimum atomic E-state index is 0.0790. The average molecular weight is 374 g/mol. The van der Waals surface area contributed by atoms with E-state index in [0.29, 0.717) is 26.1 Å². The summed E-state index contributed by atoms with van der Waals surface area (Å²) in [5.41, 5.74) is 2.68. The highest BCUT2D eigenvalue weighted by atomic mass is 16.2. The van der Waals surface area contributed by atoms with E-state index in [-0.39, 0.29) is 17.2 Å². The lowest BCUT2D eigenvalue weighted by molar-refractivity contribution is -0.133. The second-order valence-corrected chi connectivity index (χ2v) is 8.45. The fourth-order valence-electron chi connectivity index (χ4n) is 3.26. The maximum atomic E-state index is 12.5. The normalized spacial score (nSPS) is 15.6. The number of amides is 2. The predicted molar refractivity (Wildman–Crippen MR) is 110 cm³/mol. The van der Waals surface area contributed by atoms with E-state index in [1.54, 1.807) is 0 Å². The number of nitrogens with one attached hydrogen (secondary N) is 1. The Balaban J connectivity index is 1.72. The number of nitrogens with zero attached hydrogens (tertiary/aromatic N) is 2. The zero-order valence-corrected chi connectivity index (χ0v) is 17.4. The summed E-state index contributed by atoms with van der Waals surface area (Å²) in [6, 6.07) is 8.62. The molecule has 1 aliphatic heterocycles. The maximum Gasteiger partial charge on any atom is 0.234 e. The molecule has 0 bridgehead atoms. The molecule has 0 aliphatic carbocycles. The summed E-state index contributed by atoms with van der Waals surface area (Å²) in [5, 5.41) is 2.90. The predicted octanol–water partition coefficient (Wildman–Crippen LogP) is 2.59. The molecule has 1 fully saturated rings. The van der Waals surface area contributed by atoms with Gasteiger partial charge in [0.25, 0.3) is 0 Å². The molecule has 0 saturated carbocycles. The third-order valence-electron chi connectivity index (χ3n) is 5.11. The van der Waals surface area contributed by atoms with E-state index in [0.717, 1.165) is 32.5 Å². The van der Waals surface area contributed by atoms with Crippen molar-refractivity contribution in [2.45, 2.75) is 52.4 Å². The molecule has 5 heteroatoms. The van der Waals surface area contributed by atoms with Crippen molar-refractivity contribution in [1.29, 1.82) is 0 Å². The Morgan fingerprint density at radius 3 is 2.22 bits per heavy atom. The first-order chi connectivity index (χ1) is 12.8. The van der Waals surface area contributed by atoms with E-state index in [9.17, 15) is 9.59 Å². The molecule has 2 amide bonds. The first-order valence-corrected chi connectivity index (χ1v) is 10.2. The third kappa shape index (κ3) is 6.98. The largest absolute Gasteiger partial charge is 0.355 e. The van der Waals surface area contributed by atoms with Gasteiger partial charge in [-0.2, -0.15) is 0 Å². The van der Waals surface area contributed by atoms with Gasteiger partial charge < -0.3 is 10.2 Å². The minimum absolute atomic E-state index is 0.0790. The number of benzene rings is 1. The van der Waals surface area contributed by atoms with Gasteiger partial charge in [-0.25, -0.2) is 0 Å². The van der Waals surface area contributed by atoms with Gasteiger partial charge in [-0.15, -0.1) is 0 Å². The van der Waals surface area contributed by atoms with Gasteiger partial charge in [0.05, 0.1) is 6.54 Å². The first kappa shape index (κ1) is 21.4. The van der Waals surface area contributed by atoms with Crippen molar-refractivity contribution < 1.29 is 9.59 Å². The molecule has 1 aliphatic rings. The summed E-state index contributed by atoms with van der Waals surface area (Å²) in [5.74, 6) is 0.292. The molecule has 0 aromatic heterocycles. The quantitative estimate of drug-likeness (QED) is 0.799. The number of aryl methyl sites for hydroxylation is 1. The maximum absolute atomic E-state index is 12.5. The van der Waals surface area contributed by atoms with Crippen LogP contribution in [0, 0.1) is 0 Å². The van der Waals surface area contributed by atoms with Crippen molar-refractivity contribution in [2.75, 3.05) is 39.3 Å². The lowest BCUT2D eigenvalue weighted by atomic mass is 9.86. The summed E-state index contributed by atoms with van der Waals surface area (Å²) >= 11 is 0. The van der Waals surface area contributed by atoms with Gasteiger partial charge in [0.1, 0.15) is 0 Å².